The van der Waals surface area contributed by atoms with Gasteiger partial charge in [0, 0.05) is 6.08 Å². The first-order chi connectivity index (χ1) is 3.80. The Kier molecular flexibility index (Phi) is 1.43. The molecule has 0 spiro atoms. The zero-order chi connectivity index (χ0) is 5.98. The van der Waals surface area contributed by atoms with Gasteiger partial charge in [-0.15, -0.1) is 0 Å². The third-order valence-corrected chi connectivity index (χ3v) is 1.05. The standard InChI is InChI=1S/C4H3N2OS/c7-3-1-2-5-6-4(3)8/h1-2,4H. The summed E-state index contributed by atoms with van der Waals surface area (Å²) in [6.45, 7) is 0. The minimum absolute atomic E-state index is 0.157. The quantitative estimate of drug-likeness (QED) is 0.479. The monoisotopic (exact) mass is 127 g/mol. The maximum Gasteiger partial charge on any atom is 0.194 e. The molecule has 4 heteroatoms. The van der Waals surface area contributed by atoms with E-state index in [-0.39, 0.29) is 5.78 Å². The predicted molar refractivity (Wildman–Crippen MR) is 30.4 cm³/mol. The molecule has 8 heavy (non-hydrogen) atoms. The number of ketones is 1. The van der Waals surface area contributed by atoms with Gasteiger partial charge in [-0.05, 0) is 0 Å². The summed E-state index contributed by atoms with van der Waals surface area (Å²) in [4.78, 5) is 10.4. The molecule has 3 nitrogen and oxygen atoms in total. The first-order valence-electron chi connectivity index (χ1n) is 2.07. The first kappa shape index (κ1) is 5.50. The fraction of sp³-hybridized carbons (Fsp3) is 0.250. The van der Waals surface area contributed by atoms with Gasteiger partial charge in [0.15, 0.2) is 11.2 Å². The Morgan fingerprint density at radius 3 is 2.88 bits per heavy atom. The summed E-state index contributed by atoms with van der Waals surface area (Å²) in [5, 5.41) is 6.16. The highest BCUT2D eigenvalue weighted by Crippen LogP contribution is 2.04. The van der Waals surface area contributed by atoms with Crippen LogP contribution in [0.25, 0.3) is 0 Å². The van der Waals surface area contributed by atoms with E-state index in [9.17, 15) is 4.79 Å². The normalized spacial score (nSPS) is 26.6. The van der Waals surface area contributed by atoms with Crippen LogP contribution < -0.4 is 0 Å². The maximum absolute atomic E-state index is 10.4. The van der Waals surface area contributed by atoms with Gasteiger partial charge in [-0.2, -0.15) is 10.2 Å². The van der Waals surface area contributed by atoms with Gasteiger partial charge in [-0.3, -0.25) is 4.79 Å². The maximum atomic E-state index is 10.4. The van der Waals surface area contributed by atoms with E-state index < -0.39 is 5.37 Å². The van der Waals surface area contributed by atoms with E-state index in [2.05, 4.69) is 22.9 Å². The van der Waals surface area contributed by atoms with Crippen molar-refractivity contribution in [2.45, 2.75) is 5.37 Å². The van der Waals surface area contributed by atoms with Gasteiger partial charge in [0.05, 0.1) is 6.20 Å². The molecule has 1 rings (SSSR count). The van der Waals surface area contributed by atoms with Crippen LogP contribution in [-0.2, 0) is 4.79 Å². The number of azo groups is 1. The van der Waals surface area contributed by atoms with Crippen LogP contribution in [0.1, 0.15) is 0 Å². The van der Waals surface area contributed by atoms with Crippen molar-refractivity contribution >= 4 is 18.4 Å². The van der Waals surface area contributed by atoms with E-state index in [1.165, 1.54) is 12.3 Å². The van der Waals surface area contributed by atoms with Crippen LogP contribution in [0.2, 0.25) is 0 Å². The summed E-state index contributed by atoms with van der Waals surface area (Å²) in [6, 6.07) is 0. The zero-order valence-corrected chi connectivity index (χ0v) is 4.76. The molecule has 0 fully saturated rings. The average Bonchev–Trinajstić information content (AvgIpc) is 1.77. The fourth-order valence-electron chi connectivity index (χ4n) is 0.345. The highest BCUT2D eigenvalue weighted by atomic mass is 32.1. The summed E-state index contributed by atoms with van der Waals surface area (Å²) in [6.07, 6.45) is 2.66. The van der Waals surface area contributed by atoms with Crippen LogP contribution in [0.4, 0.5) is 0 Å². The molecule has 1 aliphatic heterocycles. The van der Waals surface area contributed by atoms with Gasteiger partial charge in [0.25, 0.3) is 0 Å². The average molecular weight is 127 g/mol. The van der Waals surface area contributed by atoms with Gasteiger partial charge in [0.1, 0.15) is 0 Å². The van der Waals surface area contributed by atoms with Crippen LogP contribution in [-0.4, -0.2) is 11.2 Å². The number of hydrogen-bond donors (Lipinski definition) is 0. The SMILES string of the molecule is O=C1C=CN=NC1[S]. The number of rotatable bonds is 0. The predicted octanol–water partition coefficient (Wildman–Crippen LogP) is 1.06. The van der Waals surface area contributed by atoms with Gasteiger partial charge >= 0.3 is 0 Å². The van der Waals surface area contributed by atoms with E-state index in [1.54, 1.807) is 0 Å². The van der Waals surface area contributed by atoms with Gasteiger partial charge in [-0.25, -0.2) is 0 Å². The number of hydrogen-bond acceptors (Lipinski definition) is 3. The molecule has 41 valence electrons. The summed E-state index contributed by atoms with van der Waals surface area (Å²) in [5.74, 6) is -0.157. The molecular formula is C4H3N2OS. The smallest absolute Gasteiger partial charge is 0.194 e. The summed E-state index contributed by atoms with van der Waals surface area (Å²) < 4.78 is 0. The molecule has 1 radical (unpaired) electrons. The highest BCUT2D eigenvalue weighted by molar-refractivity contribution is 7.81. The van der Waals surface area contributed by atoms with E-state index >= 15 is 0 Å². The van der Waals surface area contributed by atoms with Crippen molar-refractivity contribution in [1.29, 1.82) is 0 Å². The van der Waals surface area contributed by atoms with Crippen LogP contribution >= 0.6 is 12.6 Å². The lowest BCUT2D eigenvalue weighted by Crippen LogP contribution is -2.09. The molecule has 0 saturated heterocycles. The van der Waals surface area contributed by atoms with Crippen molar-refractivity contribution in [2.24, 2.45) is 10.2 Å². The minimum Gasteiger partial charge on any atom is -0.291 e. The minimum atomic E-state index is -0.681. The Hall–Kier alpha value is -0.640. The Balaban J connectivity index is 2.74. The van der Waals surface area contributed by atoms with Crippen LogP contribution in [0.5, 0.6) is 0 Å². The topological polar surface area (TPSA) is 41.8 Å². The van der Waals surface area contributed by atoms with Crippen molar-refractivity contribution in [3.05, 3.63) is 12.3 Å². The second kappa shape index (κ2) is 2.09. The molecule has 1 atom stereocenters. The molecule has 0 aromatic heterocycles. The zero-order valence-electron chi connectivity index (χ0n) is 3.94. The van der Waals surface area contributed by atoms with E-state index in [1.807, 2.05) is 0 Å². The second-order valence-electron chi connectivity index (χ2n) is 1.30. The molecule has 0 bridgehead atoms. The first-order valence-corrected chi connectivity index (χ1v) is 2.54. The summed E-state index contributed by atoms with van der Waals surface area (Å²) in [7, 11) is 0. The van der Waals surface area contributed by atoms with Crippen molar-refractivity contribution in [2.75, 3.05) is 0 Å². The van der Waals surface area contributed by atoms with Gasteiger partial charge < -0.3 is 0 Å². The van der Waals surface area contributed by atoms with Crippen LogP contribution in [0.3, 0.4) is 0 Å². The van der Waals surface area contributed by atoms with E-state index in [0.717, 1.165) is 0 Å². The van der Waals surface area contributed by atoms with Gasteiger partial charge in [0.2, 0.25) is 0 Å². The highest BCUT2D eigenvalue weighted by Gasteiger charge is 2.11. The molecule has 0 aromatic rings. The molecule has 0 N–H and O–H groups in total. The molecule has 0 aliphatic carbocycles. The molecule has 1 aliphatic rings. The molecule has 1 heterocycles. The molecule has 0 amide bonds. The number of carbonyl (C=O) groups is 1. The Bertz CT molecular complexity index is 163. The van der Waals surface area contributed by atoms with Crippen molar-refractivity contribution in [3.63, 3.8) is 0 Å². The van der Waals surface area contributed by atoms with Crippen molar-refractivity contribution in [3.8, 4) is 0 Å². The summed E-state index contributed by atoms with van der Waals surface area (Å²) >= 11 is 4.55. The largest absolute Gasteiger partial charge is 0.291 e. The summed E-state index contributed by atoms with van der Waals surface area (Å²) in [5.41, 5.74) is 0. The van der Waals surface area contributed by atoms with E-state index in [0.29, 0.717) is 0 Å². The third kappa shape index (κ3) is 0.949. The van der Waals surface area contributed by atoms with E-state index in [4.69, 9.17) is 0 Å². The Labute approximate surface area is 51.9 Å². The number of carbonyl (C=O) groups excluding carboxylic acids is 1. The Morgan fingerprint density at radius 2 is 2.50 bits per heavy atom. The molecule has 1 unspecified atom stereocenters. The lowest BCUT2D eigenvalue weighted by Gasteiger charge is -1.97. The fourth-order valence-corrected chi connectivity index (χ4v) is 0.478. The molecule has 0 aromatic carbocycles. The Morgan fingerprint density at radius 1 is 1.75 bits per heavy atom. The van der Waals surface area contributed by atoms with Crippen molar-refractivity contribution in [1.82, 2.24) is 0 Å². The number of nitrogens with zero attached hydrogens (tertiary/aromatic N) is 2. The lowest BCUT2D eigenvalue weighted by molar-refractivity contribution is -0.114. The van der Waals surface area contributed by atoms with Crippen molar-refractivity contribution < 1.29 is 4.79 Å². The second-order valence-corrected chi connectivity index (χ2v) is 1.75. The van der Waals surface area contributed by atoms with Crippen LogP contribution in [0, 0.1) is 0 Å². The molecular weight excluding hydrogens is 124 g/mol. The molecule has 0 saturated carbocycles. The lowest BCUT2D eigenvalue weighted by atomic mass is 10.4. The van der Waals surface area contributed by atoms with Crippen LogP contribution in [0.15, 0.2) is 22.5 Å². The van der Waals surface area contributed by atoms with Gasteiger partial charge in [-0.1, -0.05) is 12.6 Å². The third-order valence-electron chi connectivity index (χ3n) is 0.720.